The molecule has 0 spiro atoms. The molecular formula is C54H68ClN5O12. The lowest BCUT2D eigenvalue weighted by molar-refractivity contribution is 0.0500. The van der Waals surface area contributed by atoms with Crippen LogP contribution in [0.4, 0.5) is 0 Å². The van der Waals surface area contributed by atoms with Gasteiger partial charge in [0.25, 0.3) is 11.8 Å². The maximum absolute atomic E-state index is 13.0. The van der Waals surface area contributed by atoms with Crippen LogP contribution in [-0.4, -0.2) is 131 Å². The van der Waals surface area contributed by atoms with Crippen LogP contribution in [0.5, 0.6) is 23.0 Å². The summed E-state index contributed by atoms with van der Waals surface area (Å²) in [6, 6.07) is 19.0. The number of carboxylic acid groups (broad SMARTS) is 1. The maximum Gasteiger partial charge on any atom is 0.337 e. The fourth-order valence-corrected chi connectivity index (χ4v) is 8.33. The molecule has 0 radical (unpaired) electrons. The number of aromatic hydroxyl groups is 3. The van der Waals surface area contributed by atoms with Crippen LogP contribution >= 0.6 is 12.4 Å². The van der Waals surface area contributed by atoms with Crippen molar-refractivity contribution in [3.63, 3.8) is 0 Å². The summed E-state index contributed by atoms with van der Waals surface area (Å²) in [5.41, 5.74) is 3.58. The number of likely N-dealkylation sites (tertiary alicyclic amines) is 2. The first-order valence-corrected chi connectivity index (χ1v) is 23.9. The number of hydrogen-bond acceptors (Lipinski definition) is 14. The summed E-state index contributed by atoms with van der Waals surface area (Å²) in [6.07, 6.45) is 18.3. The number of amides is 2. The van der Waals surface area contributed by atoms with Gasteiger partial charge < -0.3 is 45.2 Å². The predicted molar refractivity (Wildman–Crippen MR) is 273 cm³/mol. The molecule has 5 aromatic rings. The Morgan fingerprint density at radius 3 is 1.40 bits per heavy atom. The molecule has 2 aromatic carbocycles. The van der Waals surface area contributed by atoms with Crippen LogP contribution in [0, 0.1) is 26.7 Å². The van der Waals surface area contributed by atoms with Crippen LogP contribution < -0.4 is 4.74 Å². The average Bonchev–Trinajstić information content (AvgIpc) is 3.39. The van der Waals surface area contributed by atoms with E-state index in [9.17, 15) is 34.2 Å². The molecule has 2 saturated heterocycles. The van der Waals surface area contributed by atoms with Crippen molar-refractivity contribution in [2.24, 2.45) is 5.92 Å². The SMILES string of the molecule is Cc1ncccc1C(=O)N1CCCC[C@H]1CO.Cc1ncccc1C(=O)N1CCCC[C@H]1COc1cccc(O)c1C=O.Cc1ncccc1C(=O)O.Cl.O=Cc1c(O)cccc1O.OCC1CCCCC1. The molecule has 8 rings (SSSR count). The van der Waals surface area contributed by atoms with Gasteiger partial charge in [0.2, 0.25) is 0 Å². The zero-order chi connectivity index (χ0) is 51.7. The summed E-state index contributed by atoms with van der Waals surface area (Å²) in [7, 11) is 0. The zero-order valence-corrected chi connectivity index (χ0v) is 42.0. The minimum Gasteiger partial charge on any atom is -0.507 e. The molecule has 3 aliphatic rings. The second-order valence-electron chi connectivity index (χ2n) is 17.3. The fourth-order valence-electron chi connectivity index (χ4n) is 8.33. The van der Waals surface area contributed by atoms with Gasteiger partial charge in [-0.25, -0.2) is 4.79 Å². The summed E-state index contributed by atoms with van der Waals surface area (Å²) >= 11 is 0. The number of aromatic carboxylic acids is 1. The van der Waals surface area contributed by atoms with E-state index in [0.717, 1.165) is 50.8 Å². The Balaban J connectivity index is 0.000000256. The second kappa shape index (κ2) is 31.4. The standard InChI is InChI=1S/C20H22N2O4.C13H18N2O2.C7H7NO2.C7H6O3.C7H14O.ClH/c1-14-16(7-5-10-21-14)20(25)22-11-3-2-6-15(22)13-26-19-9-4-8-18(24)17(19)12-23;1-10-12(6-4-7-14-10)13(17)15-8-3-2-5-11(15)9-16;1-5-6(7(9)10)3-2-4-8-5;8-4-5-6(9)2-1-3-7(5)10;8-6-7-4-2-1-3-5-7;/h4-5,7-10,12,15,24H,2-3,6,11,13H2,1H3;4,6-7,11,16H,2-3,5,8-9H2,1H3;2-4H,1H3,(H,9,10);1-4,9-10H;7-8H,1-6H2;1H/t15-;11-;;;;/m00..../s1. The summed E-state index contributed by atoms with van der Waals surface area (Å²) < 4.78 is 5.79. The number of hydrogen-bond donors (Lipinski definition) is 6. The molecule has 1 aliphatic carbocycles. The molecule has 18 heteroatoms. The monoisotopic (exact) mass is 1010 g/mol. The molecule has 72 heavy (non-hydrogen) atoms. The molecule has 5 heterocycles. The lowest BCUT2D eigenvalue weighted by Crippen LogP contribution is -2.47. The minimum atomic E-state index is -0.925. The maximum atomic E-state index is 13.0. The minimum absolute atomic E-state index is 0. The third-order valence-corrected chi connectivity index (χ3v) is 12.5. The fraction of sp³-hybridized carbons (Fsp3) is 0.407. The molecule has 1 saturated carbocycles. The van der Waals surface area contributed by atoms with Crippen LogP contribution in [-0.2, 0) is 0 Å². The van der Waals surface area contributed by atoms with Crippen molar-refractivity contribution >= 4 is 42.8 Å². The summed E-state index contributed by atoms with van der Waals surface area (Å²) in [6.45, 7) is 7.47. The largest absolute Gasteiger partial charge is 0.507 e. The number of aromatic nitrogens is 3. The van der Waals surface area contributed by atoms with E-state index in [1.165, 1.54) is 62.4 Å². The van der Waals surface area contributed by atoms with Crippen molar-refractivity contribution in [1.82, 2.24) is 24.8 Å². The highest BCUT2D eigenvalue weighted by Crippen LogP contribution is 2.28. The Kier molecular flexibility index (Phi) is 25.9. The first-order chi connectivity index (χ1) is 34.3. The van der Waals surface area contributed by atoms with Crippen molar-refractivity contribution in [1.29, 1.82) is 0 Å². The number of carbonyl (C=O) groups is 5. The van der Waals surface area contributed by atoms with Gasteiger partial charge in [-0.1, -0.05) is 31.4 Å². The van der Waals surface area contributed by atoms with Crippen molar-refractivity contribution < 1.29 is 59.3 Å². The number of aldehydes is 2. The lowest BCUT2D eigenvalue weighted by Gasteiger charge is -2.36. The third-order valence-electron chi connectivity index (χ3n) is 12.5. The molecule has 0 bridgehead atoms. The molecule has 388 valence electrons. The molecule has 17 nitrogen and oxygen atoms in total. The molecule has 0 unspecified atom stereocenters. The first kappa shape index (κ1) is 59.4. The molecule has 3 fully saturated rings. The average molecular weight is 1010 g/mol. The van der Waals surface area contributed by atoms with Crippen molar-refractivity contribution in [2.45, 2.75) is 103 Å². The van der Waals surface area contributed by atoms with E-state index in [2.05, 4.69) is 15.0 Å². The molecule has 6 N–H and O–H groups in total. The number of carbonyl (C=O) groups excluding carboxylic acids is 4. The summed E-state index contributed by atoms with van der Waals surface area (Å²) in [5.74, 6) is -0.514. The van der Waals surface area contributed by atoms with Crippen LogP contribution in [0.3, 0.4) is 0 Å². The lowest BCUT2D eigenvalue weighted by atomic mass is 9.90. The number of benzene rings is 2. The van der Waals surface area contributed by atoms with E-state index in [4.69, 9.17) is 25.2 Å². The van der Waals surface area contributed by atoms with Crippen LogP contribution in [0.25, 0.3) is 0 Å². The van der Waals surface area contributed by atoms with Crippen molar-refractivity contribution in [3.8, 4) is 23.0 Å². The normalized spacial score (nSPS) is 16.1. The molecular weight excluding hydrogens is 946 g/mol. The number of phenolic OH excluding ortho intramolecular Hbond substituents is 3. The number of phenols is 3. The number of carboxylic acids is 1. The molecule has 3 aromatic heterocycles. The molecule has 2 amide bonds. The number of halogens is 1. The summed E-state index contributed by atoms with van der Waals surface area (Å²) in [5, 5.41) is 54.1. The predicted octanol–water partition coefficient (Wildman–Crippen LogP) is 8.34. The van der Waals surface area contributed by atoms with Gasteiger partial charge in [-0.15, -0.1) is 12.4 Å². The number of aryl methyl sites for hydroxylation is 3. The Labute approximate surface area is 427 Å². The van der Waals surface area contributed by atoms with Gasteiger partial charge in [-0.2, -0.15) is 0 Å². The smallest absolute Gasteiger partial charge is 0.337 e. The van der Waals surface area contributed by atoms with Gasteiger partial charge in [-0.05, 0) is 139 Å². The highest BCUT2D eigenvalue weighted by Gasteiger charge is 2.30. The van der Waals surface area contributed by atoms with E-state index in [-0.39, 0.29) is 83.5 Å². The van der Waals surface area contributed by atoms with Gasteiger partial charge in [0.1, 0.15) is 29.6 Å². The Bertz CT molecular complexity index is 2480. The number of ether oxygens (including phenoxy) is 1. The van der Waals surface area contributed by atoms with Gasteiger partial charge in [0, 0.05) is 49.7 Å². The third kappa shape index (κ3) is 17.7. The van der Waals surface area contributed by atoms with Crippen molar-refractivity contribution in [2.75, 3.05) is 32.9 Å². The summed E-state index contributed by atoms with van der Waals surface area (Å²) in [4.78, 5) is 72.8. The zero-order valence-electron chi connectivity index (χ0n) is 41.1. The van der Waals surface area contributed by atoms with Crippen LogP contribution in [0.2, 0.25) is 0 Å². The van der Waals surface area contributed by atoms with E-state index in [0.29, 0.717) is 59.9 Å². The van der Waals surface area contributed by atoms with Crippen molar-refractivity contribution in [3.05, 3.63) is 136 Å². The molecule has 2 atom stereocenters. The first-order valence-electron chi connectivity index (χ1n) is 23.9. The Morgan fingerprint density at radius 2 is 1.00 bits per heavy atom. The number of aliphatic hydroxyl groups is 2. The quantitative estimate of drug-likeness (QED) is 0.0719. The topological polar surface area (TPSA) is 261 Å². The van der Waals surface area contributed by atoms with Crippen LogP contribution in [0.1, 0.15) is 140 Å². The van der Waals surface area contributed by atoms with Gasteiger partial charge in [-0.3, -0.25) is 34.1 Å². The highest BCUT2D eigenvalue weighted by molar-refractivity contribution is 5.96. The number of nitrogens with zero attached hydrogens (tertiary/aromatic N) is 5. The van der Waals surface area contributed by atoms with E-state index in [1.807, 2.05) is 18.7 Å². The number of aliphatic hydroxyl groups excluding tert-OH is 2. The van der Waals surface area contributed by atoms with Crippen LogP contribution in [0.15, 0.2) is 91.4 Å². The van der Waals surface area contributed by atoms with E-state index >= 15 is 0 Å². The Morgan fingerprint density at radius 1 is 0.569 bits per heavy atom. The molecule has 2 aliphatic heterocycles. The highest BCUT2D eigenvalue weighted by atomic mass is 35.5. The van der Waals surface area contributed by atoms with E-state index in [1.54, 1.807) is 72.9 Å². The van der Waals surface area contributed by atoms with Gasteiger partial charge in [0.15, 0.2) is 12.6 Å². The number of rotatable bonds is 10. The van der Waals surface area contributed by atoms with E-state index < -0.39 is 5.97 Å². The number of piperidine rings is 2. The second-order valence-corrected chi connectivity index (χ2v) is 17.3. The van der Waals surface area contributed by atoms with Gasteiger partial charge >= 0.3 is 5.97 Å². The Hall–Kier alpha value is -6.95. The number of pyridine rings is 3. The van der Waals surface area contributed by atoms with Gasteiger partial charge in [0.05, 0.1) is 52.2 Å².